The van der Waals surface area contributed by atoms with Gasteiger partial charge in [0.1, 0.15) is 10.6 Å². The van der Waals surface area contributed by atoms with Crippen LogP contribution in [-0.2, 0) is 16.5 Å². The molecule has 0 aliphatic carbocycles. The lowest BCUT2D eigenvalue weighted by atomic mass is 9.97. The summed E-state index contributed by atoms with van der Waals surface area (Å²) in [4.78, 5) is 4.18. The van der Waals surface area contributed by atoms with Gasteiger partial charge in [0.05, 0.1) is 17.1 Å². The topological polar surface area (TPSA) is 112 Å². The van der Waals surface area contributed by atoms with E-state index in [2.05, 4.69) is 10.2 Å². The number of phenols is 1. The van der Waals surface area contributed by atoms with Gasteiger partial charge in [-0.15, -0.1) is 5.11 Å². The molecule has 8 heteroatoms. The van der Waals surface area contributed by atoms with E-state index in [0.29, 0.717) is 28.6 Å². The Hall–Kier alpha value is -3.88. The number of fused-ring (bicyclic) bond motifs is 3. The minimum absolute atomic E-state index is 0.314. The summed E-state index contributed by atoms with van der Waals surface area (Å²) >= 11 is 0. The first-order valence-corrected chi connectivity index (χ1v) is 11.2. The van der Waals surface area contributed by atoms with Crippen LogP contribution < -0.4 is 0 Å². The quantitative estimate of drug-likeness (QED) is 0.303. The van der Waals surface area contributed by atoms with E-state index in [4.69, 9.17) is 4.99 Å². The molecule has 1 aliphatic rings. The molecule has 0 aromatic heterocycles. The molecule has 0 bridgehead atoms. The molecule has 0 radical (unpaired) electrons. The molecule has 4 aromatic rings. The summed E-state index contributed by atoms with van der Waals surface area (Å²) in [6.45, 7) is 0. The highest BCUT2D eigenvalue weighted by molar-refractivity contribution is 7.86. The first-order valence-electron chi connectivity index (χ1n) is 9.80. The third-order valence-corrected chi connectivity index (χ3v) is 6.17. The molecule has 0 atom stereocenters. The summed E-state index contributed by atoms with van der Waals surface area (Å²) in [5.74, 6) is -0.365. The highest BCUT2D eigenvalue weighted by Crippen LogP contribution is 2.46. The van der Waals surface area contributed by atoms with Gasteiger partial charge in [0.2, 0.25) is 0 Å². The Morgan fingerprint density at radius 2 is 1.56 bits per heavy atom. The van der Waals surface area contributed by atoms with Crippen LogP contribution in [0.5, 0.6) is 5.75 Å². The normalized spacial score (nSPS) is 13.5. The van der Waals surface area contributed by atoms with E-state index >= 15 is 0 Å². The second-order valence-electron chi connectivity index (χ2n) is 7.35. The van der Waals surface area contributed by atoms with Gasteiger partial charge in [0.15, 0.2) is 5.75 Å². The average Bonchev–Trinajstić information content (AvgIpc) is 3.23. The first-order chi connectivity index (χ1) is 15.4. The predicted molar refractivity (Wildman–Crippen MR) is 122 cm³/mol. The highest BCUT2D eigenvalue weighted by atomic mass is 32.2. The molecular weight excluding hydrogens is 426 g/mol. The fourth-order valence-corrected chi connectivity index (χ4v) is 4.49. The van der Waals surface area contributed by atoms with Crippen LogP contribution >= 0.6 is 0 Å². The second-order valence-corrected chi connectivity index (χ2v) is 8.74. The number of phenolic OH excluding ortho intramolecular Hbond substituents is 1. The number of benzene rings is 4. The van der Waals surface area contributed by atoms with Crippen molar-refractivity contribution in [2.45, 2.75) is 11.3 Å². The van der Waals surface area contributed by atoms with Gasteiger partial charge in [-0.2, -0.15) is 13.5 Å². The molecule has 0 fully saturated rings. The van der Waals surface area contributed by atoms with Crippen LogP contribution in [0.25, 0.3) is 10.8 Å². The van der Waals surface area contributed by atoms with E-state index in [-0.39, 0.29) is 11.4 Å². The van der Waals surface area contributed by atoms with E-state index in [0.717, 1.165) is 16.8 Å². The Kier molecular flexibility index (Phi) is 4.80. The van der Waals surface area contributed by atoms with Crippen LogP contribution in [0.1, 0.15) is 11.1 Å². The molecule has 0 saturated carbocycles. The first kappa shape index (κ1) is 20.0. The summed E-state index contributed by atoms with van der Waals surface area (Å²) in [5, 5.41) is 20.0. The van der Waals surface area contributed by atoms with Crippen molar-refractivity contribution in [2.75, 3.05) is 0 Å². The molecule has 2 N–H and O–H groups in total. The SMILES string of the molecule is O=S(=O)(O)c1cc2ccc3c(c2c(O)c1N=Nc1ccccc1)CC(c1ccccc1)=N3. The van der Waals surface area contributed by atoms with Crippen molar-refractivity contribution in [1.29, 1.82) is 0 Å². The molecule has 1 heterocycles. The lowest BCUT2D eigenvalue weighted by molar-refractivity contribution is 0.472. The summed E-state index contributed by atoms with van der Waals surface area (Å²) in [7, 11) is -4.66. The fraction of sp³-hybridized carbons (Fsp3) is 0.0417. The van der Waals surface area contributed by atoms with Gasteiger partial charge in [-0.05, 0) is 40.8 Å². The van der Waals surface area contributed by atoms with E-state index in [9.17, 15) is 18.1 Å². The Balaban J connectivity index is 1.69. The molecule has 158 valence electrons. The number of nitrogens with zero attached hydrogens (tertiary/aromatic N) is 3. The van der Waals surface area contributed by atoms with Crippen molar-refractivity contribution in [2.24, 2.45) is 15.2 Å². The standard InChI is InChI=1S/C24H17N3O4S/c28-24-22-16(11-12-19-18(22)14-20(25-19)15-7-3-1-4-8-15)13-21(32(29,30)31)23(24)27-26-17-9-5-2-6-10-17/h1-13,28H,14H2,(H,29,30,31). The summed E-state index contributed by atoms with van der Waals surface area (Å²) in [6.07, 6.45) is 0.463. The lowest BCUT2D eigenvalue weighted by Crippen LogP contribution is -2.01. The summed E-state index contributed by atoms with van der Waals surface area (Å²) in [6, 6.07) is 23.1. The monoisotopic (exact) mass is 443 g/mol. The van der Waals surface area contributed by atoms with E-state index in [1.807, 2.05) is 36.4 Å². The maximum atomic E-state index is 12.1. The zero-order chi connectivity index (χ0) is 22.3. The van der Waals surface area contributed by atoms with E-state index < -0.39 is 15.0 Å². The van der Waals surface area contributed by atoms with Gasteiger partial charge < -0.3 is 5.11 Å². The maximum absolute atomic E-state index is 12.1. The summed E-state index contributed by atoms with van der Waals surface area (Å²) < 4.78 is 33.9. The van der Waals surface area contributed by atoms with Crippen molar-refractivity contribution in [3.8, 4) is 5.75 Å². The van der Waals surface area contributed by atoms with Gasteiger partial charge in [-0.1, -0.05) is 54.6 Å². The Morgan fingerprint density at radius 3 is 2.25 bits per heavy atom. The van der Waals surface area contributed by atoms with Gasteiger partial charge in [-0.25, -0.2) is 0 Å². The molecule has 1 aliphatic heterocycles. The molecule has 4 aromatic carbocycles. The molecule has 0 unspecified atom stereocenters. The van der Waals surface area contributed by atoms with Crippen LogP contribution in [0.2, 0.25) is 0 Å². The van der Waals surface area contributed by atoms with Crippen molar-refractivity contribution in [1.82, 2.24) is 0 Å². The largest absolute Gasteiger partial charge is 0.505 e. The van der Waals surface area contributed by atoms with E-state index in [1.54, 1.807) is 36.4 Å². The van der Waals surface area contributed by atoms with Crippen LogP contribution in [-0.4, -0.2) is 23.8 Å². The maximum Gasteiger partial charge on any atom is 0.296 e. The van der Waals surface area contributed by atoms with Crippen LogP contribution in [0.3, 0.4) is 0 Å². The third kappa shape index (κ3) is 3.55. The Morgan fingerprint density at radius 1 is 0.875 bits per heavy atom. The third-order valence-electron chi connectivity index (χ3n) is 5.31. The zero-order valence-electron chi connectivity index (χ0n) is 16.7. The van der Waals surface area contributed by atoms with Crippen molar-refractivity contribution >= 4 is 43.7 Å². The molecule has 0 saturated heterocycles. The fourth-order valence-electron chi connectivity index (χ4n) is 3.83. The number of azo groups is 1. The Labute approximate surface area is 184 Å². The van der Waals surface area contributed by atoms with Gasteiger partial charge in [-0.3, -0.25) is 9.55 Å². The molecule has 0 spiro atoms. The van der Waals surface area contributed by atoms with Crippen LogP contribution in [0, 0.1) is 0 Å². The average molecular weight is 443 g/mol. The molecular formula is C24H17N3O4S. The molecule has 5 rings (SSSR count). The lowest BCUT2D eigenvalue weighted by Gasteiger charge is -2.12. The Bertz CT molecular complexity index is 1510. The van der Waals surface area contributed by atoms with Gasteiger partial charge >= 0.3 is 0 Å². The number of hydrogen-bond acceptors (Lipinski definition) is 6. The van der Waals surface area contributed by atoms with Gasteiger partial charge in [0, 0.05) is 11.8 Å². The predicted octanol–water partition coefficient (Wildman–Crippen LogP) is 5.88. The molecule has 7 nitrogen and oxygen atoms in total. The van der Waals surface area contributed by atoms with Crippen LogP contribution in [0.15, 0.2) is 99.0 Å². The molecule has 0 amide bonds. The second kappa shape index (κ2) is 7.67. The smallest absolute Gasteiger partial charge is 0.296 e. The zero-order valence-corrected chi connectivity index (χ0v) is 17.5. The number of aromatic hydroxyl groups is 1. The summed E-state index contributed by atoms with van der Waals surface area (Å²) in [5.41, 5.74) is 3.43. The molecule has 32 heavy (non-hydrogen) atoms. The van der Waals surface area contributed by atoms with E-state index in [1.165, 1.54) is 6.07 Å². The van der Waals surface area contributed by atoms with Crippen molar-refractivity contribution in [3.05, 3.63) is 90.0 Å². The number of rotatable bonds is 4. The minimum atomic E-state index is -4.66. The van der Waals surface area contributed by atoms with Crippen molar-refractivity contribution < 1.29 is 18.1 Å². The van der Waals surface area contributed by atoms with Crippen LogP contribution in [0.4, 0.5) is 17.1 Å². The number of aliphatic imine (C=N–C) groups is 1. The van der Waals surface area contributed by atoms with Gasteiger partial charge in [0.25, 0.3) is 10.1 Å². The highest BCUT2D eigenvalue weighted by Gasteiger charge is 2.26. The van der Waals surface area contributed by atoms with Crippen molar-refractivity contribution in [3.63, 3.8) is 0 Å². The number of hydrogen-bond donors (Lipinski definition) is 2. The minimum Gasteiger partial charge on any atom is -0.505 e.